The summed E-state index contributed by atoms with van der Waals surface area (Å²) in [4.78, 5) is 1.61. The van der Waals surface area contributed by atoms with E-state index in [0.29, 0.717) is 13.2 Å². The first-order chi connectivity index (χ1) is 12.1. The number of aryl methyl sites for hydroxylation is 1. The van der Waals surface area contributed by atoms with Gasteiger partial charge in [-0.2, -0.15) is 4.80 Å². The van der Waals surface area contributed by atoms with Crippen LogP contribution < -0.4 is 10.1 Å². The number of nitrogens with one attached hydrogen (secondary N) is 1. The Morgan fingerprint density at radius 1 is 1.20 bits per heavy atom. The fraction of sp³-hybridized carbons (Fsp3) is 0.333. The van der Waals surface area contributed by atoms with E-state index in [0.717, 1.165) is 33.7 Å². The third kappa shape index (κ3) is 4.03. The number of ether oxygens (including phenoxy) is 1. The normalized spacial score (nSPS) is 12.3. The number of nitrogens with zero attached hydrogens (tertiary/aromatic N) is 3. The van der Waals surface area contributed by atoms with Crippen molar-refractivity contribution in [3.05, 3.63) is 42.0 Å². The van der Waals surface area contributed by atoms with Gasteiger partial charge in [-0.15, -0.1) is 21.8 Å². The second kappa shape index (κ2) is 7.72. The fourth-order valence-electron chi connectivity index (χ4n) is 2.50. The number of aromatic nitrogens is 3. The highest BCUT2D eigenvalue weighted by Crippen LogP contribution is 2.22. The molecule has 3 rings (SSSR count). The SMILES string of the molecule is CCOc1ccc(-n2nc3cc(C)c(NCC(O)CCl)cc3n2)cc1. The third-order valence-electron chi connectivity index (χ3n) is 3.81. The zero-order valence-electron chi connectivity index (χ0n) is 14.2. The molecule has 1 aromatic heterocycles. The first kappa shape index (κ1) is 17.5. The summed E-state index contributed by atoms with van der Waals surface area (Å²) in [6, 6.07) is 11.6. The standard InChI is InChI=1S/C18H21ClN4O2/c1-3-25-15-6-4-13(5-7-15)23-21-17-8-12(2)16(9-18(17)22-23)20-11-14(24)10-19/h4-9,14,20,24H,3,10-11H2,1-2H3. The van der Waals surface area contributed by atoms with Gasteiger partial charge in [0.1, 0.15) is 16.8 Å². The fourth-order valence-corrected chi connectivity index (χ4v) is 2.61. The second-order valence-corrected chi connectivity index (χ2v) is 6.07. The number of aliphatic hydroxyl groups excluding tert-OH is 1. The maximum absolute atomic E-state index is 9.60. The molecule has 0 amide bonds. The van der Waals surface area contributed by atoms with Crippen molar-refractivity contribution in [2.75, 3.05) is 24.3 Å². The van der Waals surface area contributed by atoms with Crippen LogP contribution in [0.3, 0.4) is 0 Å². The largest absolute Gasteiger partial charge is 0.494 e. The van der Waals surface area contributed by atoms with Gasteiger partial charge in [0.15, 0.2) is 0 Å². The van der Waals surface area contributed by atoms with E-state index in [1.54, 1.807) is 4.80 Å². The van der Waals surface area contributed by atoms with Crippen LogP contribution in [-0.4, -0.2) is 45.2 Å². The maximum Gasteiger partial charge on any atom is 0.119 e. The van der Waals surface area contributed by atoms with Crippen molar-refractivity contribution < 1.29 is 9.84 Å². The highest BCUT2D eigenvalue weighted by Gasteiger charge is 2.10. The molecule has 3 aromatic rings. The summed E-state index contributed by atoms with van der Waals surface area (Å²) in [5.41, 5.74) is 4.41. The molecule has 0 spiro atoms. The van der Waals surface area contributed by atoms with Crippen LogP contribution in [0.5, 0.6) is 5.75 Å². The van der Waals surface area contributed by atoms with E-state index < -0.39 is 6.10 Å². The van der Waals surface area contributed by atoms with E-state index in [9.17, 15) is 5.11 Å². The Morgan fingerprint density at radius 2 is 1.88 bits per heavy atom. The summed E-state index contributed by atoms with van der Waals surface area (Å²) in [7, 11) is 0. The first-order valence-electron chi connectivity index (χ1n) is 8.19. The lowest BCUT2D eigenvalue weighted by molar-refractivity contribution is 0.211. The van der Waals surface area contributed by atoms with Crippen LogP contribution in [0.4, 0.5) is 5.69 Å². The molecular formula is C18H21ClN4O2. The monoisotopic (exact) mass is 360 g/mol. The Kier molecular flexibility index (Phi) is 5.40. The molecular weight excluding hydrogens is 340 g/mol. The summed E-state index contributed by atoms with van der Waals surface area (Å²) in [6.45, 7) is 4.97. The van der Waals surface area contributed by atoms with E-state index in [1.165, 1.54) is 0 Å². The van der Waals surface area contributed by atoms with E-state index in [2.05, 4.69) is 15.5 Å². The van der Waals surface area contributed by atoms with Crippen LogP contribution in [0.15, 0.2) is 36.4 Å². The predicted molar refractivity (Wildman–Crippen MR) is 100.0 cm³/mol. The molecule has 2 aromatic carbocycles. The van der Waals surface area contributed by atoms with Crippen LogP contribution >= 0.6 is 11.6 Å². The van der Waals surface area contributed by atoms with E-state index in [-0.39, 0.29) is 5.88 Å². The Hall–Kier alpha value is -2.31. The smallest absolute Gasteiger partial charge is 0.119 e. The van der Waals surface area contributed by atoms with Gasteiger partial charge in [-0.25, -0.2) is 0 Å². The van der Waals surface area contributed by atoms with Crippen molar-refractivity contribution in [3.8, 4) is 11.4 Å². The van der Waals surface area contributed by atoms with Crippen molar-refractivity contribution in [3.63, 3.8) is 0 Å². The van der Waals surface area contributed by atoms with Crippen molar-refractivity contribution >= 4 is 28.3 Å². The molecule has 7 heteroatoms. The van der Waals surface area contributed by atoms with E-state index >= 15 is 0 Å². The summed E-state index contributed by atoms with van der Waals surface area (Å²) in [6.07, 6.45) is -0.587. The molecule has 0 radical (unpaired) electrons. The maximum atomic E-state index is 9.60. The number of fused-ring (bicyclic) bond motifs is 1. The molecule has 25 heavy (non-hydrogen) atoms. The zero-order valence-corrected chi connectivity index (χ0v) is 15.0. The second-order valence-electron chi connectivity index (χ2n) is 5.76. The molecule has 2 N–H and O–H groups in total. The number of hydrogen-bond donors (Lipinski definition) is 2. The third-order valence-corrected chi connectivity index (χ3v) is 4.17. The summed E-state index contributed by atoms with van der Waals surface area (Å²) < 4.78 is 5.45. The van der Waals surface area contributed by atoms with Gasteiger partial charge in [-0.3, -0.25) is 0 Å². The number of hydrogen-bond acceptors (Lipinski definition) is 5. The van der Waals surface area contributed by atoms with Crippen molar-refractivity contribution in [2.45, 2.75) is 20.0 Å². The molecule has 0 aliphatic heterocycles. The Morgan fingerprint density at radius 3 is 2.52 bits per heavy atom. The lowest BCUT2D eigenvalue weighted by Crippen LogP contribution is -2.21. The van der Waals surface area contributed by atoms with Gasteiger partial charge in [0, 0.05) is 12.2 Å². The van der Waals surface area contributed by atoms with E-state index in [1.807, 2.05) is 50.2 Å². The van der Waals surface area contributed by atoms with Gasteiger partial charge in [-0.05, 0) is 55.8 Å². The molecule has 1 heterocycles. The minimum atomic E-state index is -0.587. The predicted octanol–water partition coefficient (Wildman–Crippen LogP) is 3.14. The van der Waals surface area contributed by atoms with Crippen LogP contribution in [0.1, 0.15) is 12.5 Å². The van der Waals surface area contributed by atoms with Gasteiger partial charge in [0.25, 0.3) is 0 Å². The molecule has 132 valence electrons. The molecule has 0 fully saturated rings. The number of rotatable bonds is 7. The van der Waals surface area contributed by atoms with Crippen LogP contribution in [0.25, 0.3) is 16.7 Å². The average molecular weight is 361 g/mol. The molecule has 0 aliphatic rings. The highest BCUT2D eigenvalue weighted by molar-refractivity contribution is 6.18. The molecule has 1 atom stereocenters. The number of halogens is 1. The van der Waals surface area contributed by atoms with Gasteiger partial charge in [0.2, 0.25) is 0 Å². The summed E-state index contributed by atoms with van der Waals surface area (Å²) in [5.74, 6) is 1.02. The number of aliphatic hydroxyl groups is 1. The van der Waals surface area contributed by atoms with Crippen molar-refractivity contribution in [1.82, 2.24) is 15.0 Å². The quantitative estimate of drug-likeness (QED) is 0.633. The number of alkyl halides is 1. The van der Waals surface area contributed by atoms with Crippen molar-refractivity contribution in [2.24, 2.45) is 0 Å². The number of benzene rings is 2. The summed E-state index contributed by atoms with van der Waals surface area (Å²) >= 11 is 5.63. The van der Waals surface area contributed by atoms with Crippen LogP contribution in [0, 0.1) is 6.92 Å². The molecule has 6 nitrogen and oxygen atoms in total. The lowest BCUT2D eigenvalue weighted by Gasteiger charge is -2.11. The Labute approximate surface area is 151 Å². The lowest BCUT2D eigenvalue weighted by atomic mass is 10.1. The van der Waals surface area contributed by atoms with E-state index in [4.69, 9.17) is 16.3 Å². The van der Waals surface area contributed by atoms with Gasteiger partial charge < -0.3 is 15.2 Å². The topological polar surface area (TPSA) is 72.2 Å². The highest BCUT2D eigenvalue weighted by atomic mass is 35.5. The van der Waals surface area contributed by atoms with Gasteiger partial charge in [0.05, 0.1) is 24.3 Å². The van der Waals surface area contributed by atoms with Crippen LogP contribution in [-0.2, 0) is 0 Å². The average Bonchev–Trinajstić information content (AvgIpc) is 3.03. The Balaban J connectivity index is 1.86. The number of anilines is 1. The summed E-state index contributed by atoms with van der Waals surface area (Å²) in [5, 5.41) is 21.9. The van der Waals surface area contributed by atoms with Crippen LogP contribution in [0.2, 0.25) is 0 Å². The molecule has 1 unspecified atom stereocenters. The van der Waals surface area contributed by atoms with Gasteiger partial charge in [-0.1, -0.05) is 0 Å². The molecule has 0 saturated carbocycles. The molecule has 0 aliphatic carbocycles. The first-order valence-corrected chi connectivity index (χ1v) is 8.73. The minimum absolute atomic E-state index is 0.197. The van der Waals surface area contributed by atoms with Crippen molar-refractivity contribution in [1.29, 1.82) is 0 Å². The van der Waals surface area contributed by atoms with Gasteiger partial charge >= 0.3 is 0 Å². The molecule has 0 saturated heterocycles. The Bertz CT molecular complexity index is 848. The molecule has 0 bridgehead atoms. The minimum Gasteiger partial charge on any atom is -0.494 e. The zero-order chi connectivity index (χ0) is 17.8.